The molecule has 2 rings (SSSR count). The quantitative estimate of drug-likeness (QED) is 0.683. The minimum Gasteiger partial charge on any atom is -0.327 e. The van der Waals surface area contributed by atoms with Gasteiger partial charge in [-0.1, -0.05) is 13.8 Å². The highest BCUT2D eigenvalue weighted by molar-refractivity contribution is 5.83. The zero-order valence-corrected chi connectivity index (χ0v) is 11.8. The summed E-state index contributed by atoms with van der Waals surface area (Å²) < 4.78 is 0. The summed E-state index contributed by atoms with van der Waals surface area (Å²) in [6, 6.07) is 4.54. The Labute approximate surface area is 117 Å². The maximum Gasteiger partial charge on any atom is 0.270 e. The van der Waals surface area contributed by atoms with E-state index in [1.165, 1.54) is 18.5 Å². The molecular weight excluding hydrogens is 256 g/mol. The largest absolute Gasteiger partial charge is 0.327 e. The lowest BCUT2D eigenvalue weighted by Gasteiger charge is -2.25. The molecule has 106 valence electrons. The van der Waals surface area contributed by atoms with Crippen molar-refractivity contribution in [2.24, 2.45) is 11.7 Å². The van der Waals surface area contributed by atoms with Crippen LogP contribution in [0.1, 0.15) is 32.4 Å². The van der Waals surface area contributed by atoms with E-state index >= 15 is 0 Å². The number of hydrogen-bond acceptors (Lipinski definition) is 5. The number of rotatable bonds is 4. The van der Waals surface area contributed by atoms with Crippen LogP contribution in [0.5, 0.6) is 0 Å². The fourth-order valence-corrected chi connectivity index (χ4v) is 2.62. The third-order valence-corrected chi connectivity index (χ3v) is 3.46. The molecule has 20 heavy (non-hydrogen) atoms. The Balaban J connectivity index is 2.68. The third-order valence-electron chi connectivity index (χ3n) is 3.46. The van der Waals surface area contributed by atoms with Gasteiger partial charge in [0.05, 0.1) is 16.1 Å². The smallest absolute Gasteiger partial charge is 0.270 e. The Morgan fingerprint density at radius 2 is 1.95 bits per heavy atom. The van der Waals surface area contributed by atoms with Gasteiger partial charge in [-0.25, -0.2) is 9.97 Å². The molecule has 0 saturated heterocycles. The molecule has 6 nitrogen and oxygen atoms in total. The van der Waals surface area contributed by atoms with Gasteiger partial charge in [0.1, 0.15) is 6.33 Å². The van der Waals surface area contributed by atoms with E-state index in [1.807, 2.05) is 6.92 Å². The summed E-state index contributed by atoms with van der Waals surface area (Å²) >= 11 is 0. The van der Waals surface area contributed by atoms with E-state index < -0.39 is 4.92 Å². The van der Waals surface area contributed by atoms with Gasteiger partial charge in [0, 0.05) is 29.5 Å². The molecule has 2 aromatic rings. The molecule has 0 bridgehead atoms. The number of nitro benzene ring substituents is 1. The average molecular weight is 274 g/mol. The topological polar surface area (TPSA) is 94.9 Å². The van der Waals surface area contributed by atoms with Gasteiger partial charge in [0.15, 0.2) is 0 Å². The van der Waals surface area contributed by atoms with E-state index in [0.29, 0.717) is 10.9 Å². The van der Waals surface area contributed by atoms with Crippen molar-refractivity contribution in [2.75, 3.05) is 0 Å². The van der Waals surface area contributed by atoms with Gasteiger partial charge in [-0.3, -0.25) is 10.1 Å². The molecule has 0 aliphatic carbocycles. The van der Waals surface area contributed by atoms with Crippen LogP contribution >= 0.6 is 0 Å². The summed E-state index contributed by atoms with van der Waals surface area (Å²) in [4.78, 5) is 19.0. The Hall–Kier alpha value is -2.08. The Morgan fingerprint density at radius 1 is 1.25 bits per heavy atom. The Kier molecular flexibility index (Phi) is 3.94. The van der Waals surface area contributed by atoms with Crippen LogP contribution in [0.15, 0.2) is 24.5 Å². The van der Waals surface area contributed by atoms with E-state index in [-0.39, 0.29) is 23.6 Å². The molecule has 0 aliphatic rings. The molecule has 0 aliphatic heterocycles. The van der Waals surface area contributed by atoms with E-state index in [2.05, 4.69) is 23.8 Å². The lowest BCUT2D eigenvalue weighted by molar-refractivity contribution is -0.384. The van der Waals surface area contributed by atoms with Crippen LogP contribution in [0.2, 0.25) is 0 Å². The number of benzene rings is 1. The first-order valence-electron chi connectivity index (χ1n) is 6.56. The van der Waals surface area contributed by atoms with Crippen LogP contribution in [0, 0.1) is 16.0 Å². The van der Waals surface area contributed by atoms with E-state index in [9.17, 15) is 10.1 Å². The second-order valence-corrected chi connectivity index (χ2v) is 5.35. The normalized spacial score (nSPS) is 14.4. The van der Waals surface area contributed by atoms with Crippen LogP contribution in [-0.4, -0.2) is 20.9 Å². The van der Waals surface area contributed by atoms with Crippen LogP contribution in [0.3, 0.4) is 0 Å². The van der Waals surface area contributed by atoms with Gasteiger partial charge < -0.3 is 5.73 Å². The summed E-state index contributed by atoms with van der Waals surface area (Å²) in [6.45, 7) is 6.06. The van der Waals surface area contributed by atoms with Gasteiger partial charge in [-0.2, -0.15) is 0 Å². The lowest BCUT2D eigenvalue weighted by Crippen LogP contribution is -2.29. The average Bonchev–Trinajstić information content (AvgIpc) is 2.37. The summed E-state index contributed by atoms with van der Waals surface area (Å²) in [5.74, 6) is 0.315. The molecule has 1 aromatic heterocycles. The molecule has 0 radical (unpaired) electrons. The SMILES string of the molecule is CC(C)C(c1ncnc2ccc([N+](=O)[O-])cc12)C(C)N. The van der Waals surface area contributed by atoms with Crippen molar-refractivity contribution in [3.05, 3.63) is 40.3 Å². The predicted octanol–water partition coefficient (Wildman–Crippen LogP) is 2.62. The molecular formula is C14H18N4O2. The highest BCUT2D eigenvalue weighted by Gasteiger charge is 2.24. The fraction of sp³-hybridized carbons (Fsp3) is 0.429. The first-order chi connectivity index (χ1) is 9.41. The molecule has 0 saturated carbocycles. The van der Waals surface area contributed by atoms with E-state index in [0.717, 1.165) is 5.69 Å². The molecule has 0 amide bonds. The molecule has 0 fully saturated rings. The number of aromatic nitrogens is 2. The monoisotopic (exact) mass is 274 g/mol. The van der Waals surface area contributed by atoms with Gasteiger partial charge in [-0.15, -0.1) is 0 Å². The summed E-state index contributed by atoms with van der Waals surface area (Å²) in [6.07, 6.45) is 1.49. The van der Waals surface area contributed by atoms with Crippen molar-refractivity contribution < 1.29 is 4.92 Å². The van der Waals surface area contributed by atoms with Crippen molar-refractivity contribution in [1.82, 2.24) is 9.97 Å². The summed E-state index contributed by atoms with van der Waals surface area (Å²) in [5.41, 5.74) is 7.59. The van der Waals surface area contributed by atoms with Gasteiger partial charge in [-0.05, 0) is 18.9 Å². The predicted molar refractivity (Wildman–Crippen MR) is 77.4 cm³/mol. The van der Waals surface area contributed by atoms with Crippen LogP contribution in [0.25, 0.3) is 10.9 Å². The standard InChI is InChI=1S/C14H18N4O2/c1-8(2)13(9(3)15)14-11-6-10(18(19)20)4-5-12(11)16-7-17-14/h4-9,13H,15H2,1-3H3. The van der Waals surface area contributed by atoms with Gasteiger partial charge >= 0.3 is 0 Å². The number of hydrogen-bond donors (Lipinski definition) is 1. The number of nitrogens with zero attached hydrogens (tertiary/aromatic N) is 3. The number of non-ortho nitro benzene ring substituents is 1. The molecule has 0 spiro atoms. The first kappa shape index (κ1) is 14.3. The molecule has 2 atom stereocenters. The Bertz CT molecular complexity index is 632. The maximum absolute atomic E-state index is 10.9. The summed E-state index contributed by atoms with van der Waals surface area (Å²) in [5, 5.41) is 11.6. The molecule has 1 aromatic carbocycles. The third kappa shape index (κ3) is 2.60. The molecule has 2 N–H and O–H groups in total. The second-order valence-electron chi connectivity index (χ2n) is 5.35. The maximum atomic E-state index is 10.9. The van der Waals surface area contributed by atoms with Crippen LogP contribution in [-0.2, 0) is 0 Å². The lowest BCUT2D eigenvalue weighted by atomic mass is 9.85. The minimum absolute atomic E-state index is 0.0301. The number of nitro groups is 1. The number of nitrogens with two attached hydrogens (primary N) is 1. The second kappa shape index (κ2) is 5.50. The van der Waals surface area contributed by atoms with Gasteiger partial charge in [0.2, 0.25) is 0 Å². The van der Waals surface area contributed by atoms with Gasteiger partial charge in [0.25, 0.3) is 5.69 Å². The van der Waals surface area contributed by atoms with Crippen molar-refractivity contribution >= 4 is 16.6 Å². The zero-order valence-electron chi connectivity index (χ0n) is 11.8. The first-order valence-corrected chi connectivity index (χ1v) is 6.56. The highest BCUT2D eigenvalue weighted by atomic mass is 16.6. The van der Waals surface area contributed by atoms with Crippen LogP contribution < -0.4 is 5.73 Å². The van der Waals surface area contributed by atoms with Crippen molar-refractivity contribution in [2.45, 2.75) is 32.7 Å². The van der Waals surface area contributed by atoms with E-state index in [4.69, 9.17) is 5.73 Å². The van der Waals surface area contributed by atoms with Crippen LogP contribution in [0.4, 0.5) is 5.69 Å². The van der Waals surface area contributed by atoms with Crippen molar-refractivity contribution in [3.8, 4) is 0 Å². The minimum atomic E-state index is -0.410. The number of fused-ring (bicyclic) bond motifs is 1. The van der Waals surface area contributed by atoms with Crippen molar-refractivity contribution in [1.29, 1.82) is 0 Å². The molecule has 6 heteroatoms. The Morgan fingerprint density at radius 3 is 2.50 bits per heavy atom. The highest BCUT2D eigenvalue weighted by Crippen LogP contribution is 2.31. The van der Waals surface area contributed by atoms with Crippen molar-refractivity contribution in [3.63, 3.8) is 0 Å². The summed E-state index contributed by atoms with van der Waals surface area (Å²) in [7, 11) is 0. The molecule has 1 heterocycles. The molecule has 2 unspecified atom stereocenters. The zero-order chi connectivity index (χ0) is 14.9. The van der Waals surface area contributed by atoms with E-state index in [1.54, 1.807) is 6.07 Å². The fourth-order valence-electron chi connectivity index (χ4n) is 2.62.